The lowest BCUT2D eigenvalue weighted by atomic mass is 10.0. The molecular formula is C17H19BOP. The molecule has 1 heterocycles. The van der Waals surface area contributed by atoms with Crippen molar-refractivity contribution >= 4 is 16.3 Å². The number of hydrogen-bond acceptors (Lipinski definition) is 1. The number of rotatable bonds is 3. The normalized spacial score (nSPS) is 25.1. The smallest absolute Gasteiger partial charge is 0.0635 e. The Balaban J connectivity index is 0.00000147. The molecule has 20 heavy (non-hydrogen) atoms. The molecule has 101 valence electrons. The van der Waals surface area contributed by atoms with Crippen LogP contribution >= 0.6 is 7.92 Å². The molecule has 3 radical (unpaired) electrons. The zero-order valence-corrected chi connectivity index (χ0v) is 12.4. The molecular weight excluding hydrogens is 262 g/mol. The van der Waals surface area contributed by atoms with Crippen LogP contribution in [-0.4, -0.2) is 19.9 Å². The first-order valence-corrected chi connectivity index (χ1v) is 8.53. The summed E-state index contributed by atoms with van der Waals surface area (Å²) in [6, 6.07) is 21.4. The number of aliphatic hydroxyl groups is 1. The molecule has 1 N–H and O–H groups in total. The Morgan fingerprint density at radius 2 is 1.20 bits per heavy atom. The number of hydrogen-bond donors (Lipinski definition) is 1. The van der Waals surface area contributed by atoms with Crippen molar-refractivity contribution in [1.82, 2.24) is 0 Å². The zero-order chi connectivity index (χ0) is 13.1. The van der Waals surface area contributed by atoms with Crippen LogP contribution in [0.2, 0.25) is 0 Å². The molecule has 1 fully saturated rings. The van der Waals surface area contributed by atoms with Crippen molar-refractivity contribution < 1.29 is 5.11 Å². The Bertz CT molecular complexity index is 470. The first kappa shape index (κ1) is 15.3. The predicted octanol–water partition coefficient (Wildman–Crippen LogP) is 4.31. The Labute approximate surface area is 124 Å². The van der Waals surface area contributed by atoms with Crippen LogP contribution in [0.3, 0.4) is 0 Å². The average molecular weight is 281 g/mol. The van der Waals surface area contributed by atoms with Crippen molar-refractivity contribution in [3.05, 3.63) is 71.8 Å². The van der Waals surface area contributed by atoms with E-state index in [4.69, 9.17) is 0 Å². The fourth-order valence-electron chi connectivity index (χ4n) is 3.13. The summed E-state index contributed by atoms with van der Waals surface area (Å²) in [7, 11) is -0.367. The molecule has 1 saturated heterocycles. The van der Waals surface area contributed by atoms with Crippen LogP contribution < -0.4 is 0 Å². The van der Waals surface area contributed by atoms with Crippen molar-refractivity contribution in [2.75, 3.05) is 6.35 Å². The Kier molecular flexibility index (Phi) is 5.40. The Morgan fingerprint density at radius 3 is 1.55 bits per heavy atom. The standard InChI is InChI=1S/C17H19OP.B/c18-13-19-16(14-7-3-1-4-8-14)11-12-17(19)15-9-5-2-6-10-15;/h1-10,16-18H,11-13H2;. The van der Waals surface area contributed by atoms with Crippen molar-refractivity contribution in [2.24, 2.45) is 0 Å². The van der Waals surface area contributed by atoms with Crippen LogP contribution in [0, 0.1) is 0 Å². The lowest BCUT2D eigenvalue weighted by molar-refractivity contribution is 0.368. The average Bonchev–Trinajstić information content (AvgIpc) is 2.93. The van der Waals surface area contributed by atoms with E-state index < -0.39 is 0 Å². The van der Waals surface area contributed by atoms with E-state index in [9.17, 15) is 5.11 Å². The topological polar surface area (TPSA) is 20.2 Å². The van der Waals surface area contributed by atoms with E-state index in [-0.39, 0.29) is 16.3 Å². The second kappa shape index (κ2) is 7.06. The number of benzene rings is 2. The van der Waals surface area contributed by atoms with Gasteiger partial charge in [0.25, 0.3) is 0 Å². The molecule has 3 rings (SSSR count). The van der Waals surface area contributed by atoms with Gasteiger partial charge >= 0.3 is 0 Å². The van der Waals surface area contributed by atoms with Crippen LogP contribution in [0.5, 0.6) is 0 Å². The highest BCUT2D eigenvalue weighted by Crippen LogP contribution is 2.69. The lowest BCUT2D eigenvalue weighted by Gasteiger charge is -2.24. The molecule has 0 saturated carbocycles. The van der Waals surface area contributed by atoms with Crippen LogP contribution in [0.4, 0.5) is 0 Å². The van der Waals surface area contributed by atoms with Crippen LogP contribution in [0.1, 0.15) is 35.3 Å². The minimum atomic E-state index is -0.367. The maximum absolute atomic E-state index is 9.86. The fraction of sp³-hybridized carbons (Fsp3) is 0.294. The summed E-state index contributed by atoms with van der Waals surface area (Å²) in [5, 5.41) is 9.86. The summed E-state index contributed by atoms with van der Waals surface area (Å²) in [4.78, 5) is 0. The molecule has 1 aliphatic rings. The third-order valence-electron chi connectivity index (χ3n) is 4.05. The van der Waals surface area contributed by atoms with Crippen molar-refractivity contribution in [3.63, 3.8) is 0 Å². The van der Waals surface area contributed by atoms with E-state index in [0.29, 0.717) is 17.7 Å². The SMILES string of the molecule is OCP1C(c2ccccc2)CCC1c1ccccc1.[B]. The van der Waals surface area contributed by atoms with Gasteiger partial charge in [-0.3, -0.25) is 0 Å². The maximum Gasteiger partial charge on any atom is 0.0635 e. The molecule has 2 unspecified atom stereocenters. The van der Waals surface area contributed by atoms with E-state index in [0.717, 1.165) is 0 Å². The minimum absolute atomic E-state index is 0. The summed E-state index contributed by atoms with van der Waals surface area (Å²) in [6.45, 7) is 0. The Hall–Kier alpha value is -1.11. The molecule has 1 aliphatic heterocycles. The second-order valence-electron chi connectivity index (χ2n) is 5.09. The third kappa shape index (κ3) is 2.97. The third-order valence-corrected chi connectivity index (χ3v) is 7.09. The van der Waals surface area contributed by atoms with Gasteiger partial charge in [-0.15, -0.1) is 0 Å². The quantitative estimate of drug-likeness (QED) is 0.656. The summed E-state index contributed by atoms with van der Waals surface area (Å²) < 4.78 is 0. The van der Waals surface area contributed by atoms with Crippen LogP contribution in [0.15, 0.2) is 60.7 Å². The van der Waals surface area contributed by atoms with Crippen LogP contribution in [0.25, 0.3) is 0 Å². The summed E-state index contributed by atoms with van der Waals surface area (Å²) in [5.74, 6) is 0. The molecule has 0 spiro atoms. The van der Waals surface area contributed by atoms with Crippen LogP contribution in [-0.2, 0) is 0 Å². The molecule has 0 bridgehead atoms. The monoisotopic (exact) mass is 281 g/mol. The van der Waals surface area contributed by atoms with E-state index in [2.05, 4.69) is 60.7 Å². The molecule has 1 nitrogen and oxygen atoms in total. The van der Waals surface area contributed by atoms with E-state index in [1.165, 1.54) is 24.0 Å². The van der Waals surface area contributed by atoms with Crippen molar-refractivity contribution in [1.29, 1.82) is 0 Å². The minimum Gasteiger partial charge on any atom is -0.392 e. The first-order chi connectivity index (χ1) is 9.40. The van der Waals surface area contributed by atoms with Gasteiger partial charge in [-0.2, -0.15) is 0 Å². The largest absolute Gasteiger partial charge is 0.392 e. The zero-order valence-electron chi connectivity index (χ0n) is 11.5. The van der Waals surface area contributed by atoms with Gasteiger partial charge < -0.3 is 5.11 Å². The van der Waals surface area contributed by atoms with Gasteiger partial charge in [0.15, 0.2) is 0 Å². The van der Waals surface area contributed by atoms with Gasteiger partial charge in [-0.1, -0.05) is 68.6 Å². The molecule has 3 heteroatoms. The highest BCUT2D eigenvalue weighted by Gasteiger charge is 2.36. The molecule has 2 aromatic carbocycles. The summed E-state index contributed by atoms with van der Waals surface area (Å²) >= 11 is 0. The predicted molar refractivity (Wildman–Crippen MR) is 87.4 cm³/mol. The second-order valence-corrected chi connectivity index (χ2v) is 7.64. The van der Waals surface area contributed by atoms with E-state index >= 15 is 0 Å². The van der Waals surface area contributed by atoms with E-state index in [1.54, 1.807) is 0 Å². The first-order valence-electron chi connectivity index (χ1n) is 6.86. The van der Waals surface area contributed by atoms with Crippen molar-refractivity contribution in [3.8, 4) is 0 Å². The highest BCUT2D eigenvalue weighted by atomic mass is 31.1. The van der Waals surface area contributed by atoms with E-state index in [1.807, 2.05) is 0 Å². The van der Waals surface area contributed by atoms with Gasteiger partial charge in [0, 0.05) is 19.7 Å². The molecule has 2 aromatic rings. The van der Waals surface area contributed by atoms with Gasteiger partial charge in [0.1, 0.15) is 0 Å². The van der Waals surface area contributed by atoms with Crippen molar-refractivity contribution in [2.45, 2.75) is 24.2 Å². The summed E-state index contributed by atoms with van der Waals surface area (Å²) in [6.07, 6.45) is 2.75. The fourth-order valence-corrected chi connectivity index (χ4v) is 6.03. The molecule has 0 aromatic heterocycles. The maximum atomic E-state index is 9.86. The molecule has 0 amide bonds. The molecule has 0 aliphatic carbocycles. The Morgan fingerprint density at radius 1 is 0.800 bits per heavy atom. The van der Waals surface area contributed by atoms with Gasteiger partial charge in [-0.05, 0) is 24.0 Å². The molecule has 2 atom stereocenters. The lowest BCUT2D eigenvalue weighted by Crippen LogP contribution is -1.97. The highest BCUT2D eigenvalue weighted by molar-refractivity contribution is 7.58. The van der Waals surface area contributed by atoms with Gasteiger partial charge in [0.2, 0.25) is 0 Å². The van der Waals surface area contributed by atoms with Gasteiger partial charge in [0.05, 0.1) is 6.35 Å². The van der Waals surface area contributed by atoms with Gasteiger partial charge in [-0.25, -0.2) is 0 Å². The summed E-state index contributed by atoms with van der Waals surface area (Å²) in [5.41, 5.74) is 3.93. The number of aliphatic hydroxyl groups excluding tert-OH is 1.